The van der Waals surface area contributed by atoms with Crippen LogP contribution >= 0.6 is 11.3 Å². The van der Waals surface area contributed by atoms with Gasteiger partial charge in [-0.3, -0.25) is 14.5 Å². The lowest BCUT2D eigenvalue weighted by Crippen LogP contribution is -2.58. The zero-order valence-electron chi connectivity index (χ0n) is 16.2. The lowest BCUT2D eigenvalue weighted by molar-refractivity contribution is -0.123. The number of nitrogens with zero attached hydrogens (tertiary/aromatic N) is 1. The number of ether oxygens (including phenoxy) is 1. The molecule has 1 aromatic rings. The van der Waals surface area contributed by atoms with E-state index >= 15 is 0 Å². The molecule has 0 spiro atoms. The summed E-state index contributed by atoms with van der Waals surface area (Å²) >= 11 is 1.50. The van der Waals surface area contributed by atoms with Gasteiger partial charge in [0.05, 0.1) is 12.2 Å². The van der Waals surface area contributed by atoms with Crippen molar-refractivity contribution in [1.29, 1.82) is 0 Å². The van der Waals surface area contributed by atoms with Crippen molar-refractivity contribution in [1.82, 2.24) is 15.5 Å². The van der Waals surface area contributed by atoms with Crippen LogP contribution in [0.3, 0.4) is 0 Å². The molecular formula is C19H31N3O3S. The number of hydrogen-bond donors (Lipinski definition) is 2. The minimum atomic E-state index is -0.116. The molecule has 0 radical (unpaired) electrons. The van der Waals surface area contributed by atoms with Crippen LogP contribution in [-0.4, -0.2) is 60.6 Å². The van der Waals surface area contributed by atoms with Gasteiger partial charge in [0.15, 0.2) is 0 Å². The predicted octanol–water partition coefficient (Wildman–Crippen LogP) is 2.26. The summed E-state index contributed by atoms with van der Waals surface area (Å²) < 4.78 is 5.79. The molecule has 7 heteroatoms. The zero-order valence-corrected chi connectivity index (χ0v) is 17.0. The Bertz CT molecular complexity index is 579. The van der Waals surface area contributed by atoms with E-state index < -0.39 is 0 Å². The third-order valence-corrected chi connectivity index (χ3v) is 5.33. The molecule has 0 bridgehead atoms. The Morgan fingerprint density at radius 1 is 1.27 bits per heavy atom. The van der Waals surface area contributed by atoms with Crippen LogP contribution in [0.4, 0.5) is 0 Å². The van der Waals surface area contributed by atoms with E-state index in [1.165, 1.54) is 11.3 Å². The average Bonchev–Trinajstić information content (AvgIpc) is 3.10. The SMILES string of the molecule is CC1CN(C(C)(C)CNC(=O)CCCNC(=O)c2ccsc2)CC(C)O1. The summed E-state index contributed by atoms with van der Waals surface area (Å²) in [4.78, 5) is 26.3. The van der Waals surface area contributed by atoms with Crippen molar-refractivity contribution >= 4 is 23.2 Å². The second kappa shape index (κ2) is 9.48. The summed E-state index contributed by atoms with van der Waals surface area (Å²) in [5.41, 5.74) is 0.560. The third-order valence-electron chi connectivity index (χ3n) is 4.64. The fraction of sp³-hybridized carbons (Fsp3) is 0.684. The second-order valence-electron chi connectivity index (χ2n) is 7.62. The summed E-state index contributed by atoms with van der Waals surface area (Å²) in [5, 5.41) is 9.56. The summed E-state index contributed by atoms with van der Waals surface area (Å²) in [6.07, 6.45) is 1.46. The molecule has 2 amide bonds. The van der Waals surface area contributed by atoms with Gasteiger partial charge in [-0.05, 0) is 45.6 Å². The van der Waals surface area contributed by atoms with Crippen LogP contribution in [0.1, 0.15) is 50.9 Å². The van der Waals surface area contributed by atoms with Crippen molar-refractivity contribution in [3.63, 3.8) is 0 Å². The molecule has 1 saturated heterocycles. The van der Waals surface area contributed by atoms with Crippen molar-refractivity contribution in [3.05, 3.63) is 22.4 Å². The number of rotatable bonds is 8. The number of hydrogen-bond acceptors (Lipinski definition) is 5. The fourth-order valence-electron chi connectivity index (χ4n) is 3.13. The van der Waals surface area contributed by atoms with Gasteiger partial charge in [-0.25, -0.2) is 0 Å². The lowest BCUT2D eigenvalue weighted by Gasteiger charge is -2.45. The van der Waals surface area contributed by atoms with Crippen molar-refractivity contribution in [2.24, 2.45) is 0 Å². The molecule has 146 valence electrons. The smallest absolute Gasteiger partial charge is 0.252 e. The summed E-state index contributed by atoms with van der Waals surface area (Å²) in [5.74, 6) is -0.0550. The molecule has 2 N–H and O–H groups in total. The molecule has 6 nitrogen and oxygen atoms in total. The van der Waals surface area contributed by atoms with Crippen molar-refractivity contribution in [3.8, 4) is 0 Å². The van der Waals surface area contributed by atoms with E-state index in [2.05, 4.69) is 43.2 Å². The molecule has 26 heavy (non-hydrogen) atoms. The van der Waals surface area contributed by atoms with E-state index in [4.69, 9.17) is 4.74 Å². The summed E-state index contributed by atoms with van der Waals surface area (Å²) in [7, 11) is 0. The highest BCUT2D eigenvalue weighted by atomic mass is 32.1. The molecule has 1 fully saturated rings. The van der Waals surface area contributed by atoms with Crippen LogP contribution in [0.5, 0.6) is 0 Å². The van der Waals surface area contributed by atoms with Gasteiger partial charge in [0, 0.05) is 49.1 Å². The fourth-order valence-corrected chi connectivity index (χ4v) is 3.77. The van der Waals surface area contributed by atoms with Crippen molar-refractivity contribution in [2.75, 3.05) is 26.2 Å². The first-order valence-electron chi connectivity index (χ1n) is 9.25. The van der Waals surface area contributed by atoms with Crippen LogP contribution in [0.2, 0.25) is 0 Å². The van der Waals surface area contributed by atoms with Gasteiger partial charge < -0.3 is 15.4 Å². The minimum absolute atomic E-state index is 0.0252. The van der Waals surface area contributed by atoms with E-state index in [-0.39, 0.29) is 29.6 Å². The number of amides is 2. The highest BCUT2D eigenvalue weighted by Gasteiger charge is 2.33. The van der Waals surface area contributed by atoms with Gasteiger partial charge in [0.2, 0.25) is 5.91 Å². The molecule has 0 saturated carbocycles. The molecule has 2 unspecified atom stereocenters. The summed E-state index contributed by atoms with van der Waals surface area (Å²) in [6.45, 7) is 11.3. The lowest BCUT2D eigenvalue weighted by atomic mass is 10.00. The highest BCUT2D eigenvalue weighted by Crippen LogP contribution is 2.20. The molecule has 0 aliphatic carbocycles. The van der Waals surface area contributed by atoms with E-state index in [9.17, 15) is 9.59 Å². The molecule has 1 aromatic heterocycles. The first kappa shape index (κ1) is 20.9. The Morgan fingerprint density at radius 2 is 1.96 bits per heavy atom. The Hall–Kier alpha value is -1.44. The van der Waals surface area contributed by atoms with Crippen LogP contribution in [0.15, 0.2) is 16.8 Å². The standard InChI is InChI=1S/C19H31N3O3S/c1-14-10-22(11-15(2)25-14)19(3,4)13-21-17(23)6-5-8-20-18(24)16-7-9-26-12-16/h7,9,12,14-15H,5-6,8,10-11,13H2,1-4H3,(H,20,24)(H,21,23). The largest absolute Gasteiger partial charge is 0.373 e. The second-order valence-corrected chi connectivity index (χ2v) is 8.40. The van der Waals surface area contributed by atoms with Crippen LogP contribution in [-0.2, 0) is 9.53 Å². The molecule has 0 aromatic carbocycles. The number of thiophene rings is 1. The monoisotopic (exact) mass is 381 g/mol. The molecule has 1 aliphatic rings. The third kappa shape index (κ3) is 6.37. The maximum atomic E-state index is 12.1. The summed E-state index contributed by atoms with van der Waals surface area (Å²) in [6, 6.07) is 1.79. The molecular weight excluding hydrogens is 350 g/mol. The zero-order chi connectivity index (χ0) is 19.2. The topological polar surface area (TPSA) is 70.7 Å². The van der Waals surface area contributed by atoms with Gasteiger partial charge in [0.1, 0.15) is 0 Å². The number of nitrogens with one attached hydrogen (secondary N) is 2. The Labute approximate surface area is 160 Å². The van der Waals surface area contributed by atoms with Crippen LogP contribution in [0.25, 0.3) is 0 Å². The predicted molar refractivity (Wildman–Crippen MR) is 105 cm³/mol. The Kier molecular flexibility index (Phi) is 7.61. The van der Waals surface area contributed by atoms with Crippen molar-refractivity contribution < 1.29 is 14.3 Å². The average molecular weight is 382 g/mol. The maximum absolute atomic E-state index is 12.1. The molecule has 2 atom stereocenters. The maximum Gasteiger partial charge on any atom is 0.252 e. The first-order chi connectivity index (χ1) is 12.3. The molecule has 1 aliphatic heterocycles. The Balaban J connectivity index is 1.65. The van der Waals surface area contributed by atoms with Gasteiger partial charge in [0.25, 0.3) is 5.91 Å². The number of morpholine rings is 1. The van der Waals surface area contributed by atoms with E-state index in [1.54, 1.807) is 6.07 Å². The van der Waals surface area contributed by atoms with Crippen LogP contribution in [0, 0.1) is 0 Å². The van der Waals surface area contributed by atoms with Gasteiger partial charge in [-0.1, -0.05) is 0 Å². The van der Waals surface area contributed by atoms with E-state index in [0.29, 0.717) is 31.5 Å². The normalized spacial score (nSPS) is 21.4. The van der Waals surface area contributed by atoms with Crippen LogP contribution < -0.4 is 10.6 Å². The van der Waals surface area contributed by atoms with E-state index in [0.717, 1.165) is 13.1 Å². The number of carbonyl (C=O) groups is 2. The molecule has 2 heterocycles. The quantitative estimate of drug-likeness (QED) is 0.678. The Morgan fingerprint density at radius 3 is 2.58 bits per heavy atom. The van der Waals surface area contributed by atoms with Crippen molar-refractivity contribution in [2.45, 2.75) is 58.3 Å². The highest BCUT2D eigenvalue weighted by molar-refractivity contribution is 7.08. The van der Waals surface area contributed by atoms with E-state index in [1.807, 2.05) is 10.8 Å². The number of carbonyl (C=O) groups excluding carboxylic acids is 2. The minimum Gasteiger partial charge on any atom is -0.373 e. The van der Waals surface area contributed by atoms with Gasteiger partial charge in [-0.2, -0.15) is 11.3 Å². The molecule has 2 rings (SSSR count). The van der Waals surface area contributed by atoms with Gasteiger partial charge >= 0.3 is 0 Å². The van der Waals surface area contributed by atoms with Gasteiger partial charge in [-0.15, -0.1) is 0 Å². The first-order valence-corrected chi connectivity index (χ1v) is 10.2.